The molecule has 1 atom stereocenters. The lowest BCUT2D eigenvalue weighted by Gasteiger charge is -2.40. The lowest BCUT2D eigenvalue weighted by molar-refractivity contribution is 0.177. The zero-order valence-corrected chi connectivity index (χ0v) is 19.0. The van der Waals surface area contributed by atoms with E-state index in [9.17, 15) is 9.18 Å². The Morgan fingerprint density at radius 3 is 2.64 bits per heavy atom. The first-order valence-electron chi connectivity index (χ1n) is 11.3. The molecule has 0 unspecified atom stereocenters. The van der Waals surface area contributed by atoms with Crippen LogP contribution in [0.25, 0.3) is 0 Å². The summed E-state index contributed by atoms with van der Waals surface area (Å²) in [6.07, 6.45) is 0.810. The lowest BCUT2D eigenvalue weighted by Crippen LogP contribution is -2.51. The number of fused-ring (bicyclic) bond motifs is 1. The Balaban J connectivity index is 1.43. The van der Waals surface area contributed by atoms with Gasteiger partial charge in [0.2, 0.25) is 0 Å². The first-order chi connectivity index (χ1) is 16.1. The number of para-hydroxylation sites is 3. The Labute approximate surface area is 194 Å². The van der Waals surface area contributed by atoms with Crippen molar-refractivity contribution in [3.8, 4) is 5.75 Å². The molecule has 5 rings (SSSR count). The van der Waals surface area contributed by atoms with Gasteiger partial charge in [0, 0.05) is 25.2 Å². The van der Waals surface area contributed by atoms with E-state index >= 15 is 0 Å². The van der Waals surface area contributed by atoms with Gasteiger partial charge in [-0.1, -0.05) is 48.5 Å². The van der Waals surface area contributed by atoms with Gasteiger partial charge in [-0.05, 0) is 42.7 Å². The SMILES string of the molecule is COc1ccccc1CN1C(=O)N([C@@H]2CCN(c3c(C)cccc3F)C2)Cc2ccccc21. The molecule has 5 nitrogen and oxygen atoms in total. The molecule has 2 amide bonds. The van der Waals surface area contributed by atoms with Crippen LogP contribution < -0.4 is 14.5 Å². The summed E-state index contributed by atoms with van der Waals surface area (Å²) in [5.41, 5.74) is 4.58. The van der Waals surface area contributed by atoms with Gasteiger partial charge in [0.05, 0.1) is 31.1 Å². The van der Waals surface area contributed by atoms with Gasteiger partial charge in [-0.15, -0.1) is 0 Å². The number of rotatable bonds is 5. The Morgan fingerprint density at radius 2 is 1.82 bits per heavy atom. The maximum Gasteiger partial charge on any atom is 0.325 e. The number of halogens is 1. The number of hydrogen-bond donors (Lipinski definition) is 0. The van der Waals surface area contributed by atoms with Crippen molar-refractivity contribution < 1.29 is 13.9 Å². The molecule has 0 bridgehead atoms. The van der Waals surface area contributed by atoms with E-state index in [4.69, 9.17) is 4.74 Å². The summed E-state index contributed by atoms with van der Waals surface area (Å²) < 4.78 is 20.1. The second-order valence-corrected chi connectivity index (χ2v) is 8.73. The smallest absolute Gasteiger partial charge is 0.325 e. The highest BCUT2D eigenvalue weighted by Gasteiger charge is 2.38. The standard InChI is InChI=1S/C27H28FN3O2/c1-19-8-7-11-23(28)26(19)29-15-14-22(18-29)30-16-20-9-3-5-12-24(20)31(27(30)32)17-21-10-4-6-13-25(21)33-2/h3-13,22H,14-18H2,1-2H3/t22-/m1/s1. The predicted molar refractivity (Wildman–Crippen MR) is 128 cm³/mol. The van der Waals surface area contributed by atoms with Crippen LogP contribution >= 0.6 is 0 Å². The second kappa shape index (κ2) is 8.77. The van der Waals surface area contributed by atoms with Crippen molar-refractivity contribution >= 4 is 17.4 Å². The predicted octanol–water partition coefficient (Wildman–Crippen LogP) is 5.36. The van der Waals surface area contributed by atoms with E-state index in [1.54, 1.807) is 13.2 Å². The van der Waals surface area contributed by atoms with Crippen LogP contribution in [0.4, 0.5) is 20.6 Å². The highest BCUT2D eigenvalue weighted by Crippen LogP contribution is 2.35. The molecule has 0 aromatic heterocycles. The minimum absolute atomic E-state index is 0.0169. The third kappa shape index (κ3) is 3.90. The molecule has 3 aromatic rings. The molecule has 33 heavy (non-hydrogen) atoms. The first kappa shape index (κ1) is 21.3. The average molecular weight is 446 g/mol. The lowest BCUT2D eigenvalue weighted by atomic mass is 10.1. The van der Waals surface area contributed by atoms with Crippen molar-refractivity contribution in [3.63, 3.8) is 0 Å². The van der Waals surface area contributed by atoms with Crippen LogP contribution in [0, 0.1) is 12.7 Å². The topological polar surface area (TPSA) is 36.0 Å². The molecular formula is C27H28FN3O2. The fourth-order valence-electron chi connectivity index (χ4n) is 5.08. The van der Waals surface area contributed by atoms with E-state index in [0.717, 1.165) is 41.1 Å². The number of aryl methyl sites for hydroxylation is 1. The number of methoxy groups -OCH3 is 1. The van der Waals surface area contributed by atoms with Gasteiger partial charge in [-0.3, -0.25) is 4.90 Å². The Morgan fingerprint density at radius 1 is 1.03 bits per heavy atom. The molecule has 6 heteroatoms. The summed E-state index contributed by atoms with van der Waals surface area (Å²) in [5.74, 6) is 0.561. The highest BCUT2D eigenvalue weighted by atomic mass is 19.1. The summed E-state index contributed by atoms with van der Waals surface area (Å²) in [7, 11) is 1.65. The minimum atomic E-state index is -0.205. The number of anilines is 2. The van der Waals surface area contributed by atoms with Gasteiger partial charge in [0.15, 0.2) is 0 Å². The van der Waals surface area contributed by atoms with Gasteiger partial charge in [-0.2, -0.15) is 0 Å². The summed E-state index contributed by atoms with van der Waals surface area (Å²) in [4.78, 5) is 19.6. The third-order valence-electron chi connectivity index (χ3n) is 6.73. The molecule has 1 fully saturated rings. The van der Waals surface area contributed by atoms with Crippen LogP contribution in [0.15, 0.2) is 66.7 Å². The molecular weight excluding hydrogens is 417 g/mol. The molecule has 0 radical (unpaired) electrons. The maximum atomic E-state index is 14.6. The second-order valence-electron chi connectivity index (χ2n) is 8.73. The molecule has 0 aliphatic carbocycles. The van der Waals surface area contributed by atoms with Crippen LogP contribution in [-0.2, 0) is 13.1 Å². The van der Waals surface area contributed by atoms with Gasteiger partial charge in [0.1, 0.15) is 11.6 Å². The van der Waals surface area contributed by atoms with Gasteiger partial charge in [0.25, 0.3) is 0 Å². The first-order valence-corrected chi connectivity index (χ1v) is 11.3. The molecule has 0 saturated carbocycles. The zero-order chi connectivity index (χ0) is 22.9. The Bertz CT molecular complexity index is 1160. The van der Waals surface area contributed by atoms with Gasteiger partial charge in [-0.25, -0.2) is 9.18 Å². The summed E-state index contributed by atoms with van der Waals surface area (Å²) >= 11 is 0. The van der Waals surface area contributed by atoms with Crippen LogP contribution in [0.1, 0.15) is 23.1 Å². The molecule has 2 heterocycles. The number of hydrogen-bond acceptors (Lipinski definition) is 3. The average Bonchev–Trinajstić information content (AvgIpc) is 3.30. The summed E-state index contributed by atoms with van der Waals surface area (Å²) in [6, 6.07) is 21.0. The fourth-order valence-corrected chi connectivity index (χ4v) is 5.08. The van der Waals surface area contributed by atoms with Crippen molar-refractivity contribution in [2.45, 2.75) is 32.5 Å². The number of ether oxygens (including phenoxy) is 1. The van der Waals surface area contributed by atoms with Crippen molar-refractivity contribution in [1.29, 1.82) is 0 Å². The van der Waals surface area contributed by atoms with Gasteiger partial charge < -0.3 is 14.5 Å². The van der Waals surface area contributed by atoms with E-state index in [0.29, 0.717) is 25.3 Å². The van der Waals surface area contributed by atoms with Gasteiger partial charge >= 0.3 is 6.03 Å². The quantitative estimate of drug-likeness (QED) is 0.530. The van der Waals surface area contributed by atoms with Crippen LogP contribution in [0.5, 0.6) is 5.75 Å². The Hall–Kier alpha value is -3.54. The van der Waals surface area contributed by atoms with Crippen LogP contribution in [-0.4, -0.2) is 37.2 Å². The molecule has 170 valence electrons. The monoisotopic (exact) mass is 445 g/mol. The molecule has 0 N–H and O–H groups in total. The van der Waals surface area contributed by atoms with Crippen molar-refractivity contribution in [1.82, 2.24) is 4.90 Å². The van der Waals surface area contributed by atoms with Crippen molar-refractivity contribution in [2.75, 3.05) is 30.0 Å². The molecule has 0 spiro atoms. The van der Waals surface area contributed by atoms with Crippen molar-refractivity contribution in [2.24, 2.45) is 0 Å². The number of nitrogens with zero attached hydrogens (tertiary/aromatic N) is 3. The zero-order valence-electron chi connectivity index (χ0n) is 19.0. The van der Waals surface area contributed by atoms with E-state index in [1.807, 2.05) is 65.3 Å². The van der Waals surface area contributed by atoms with Crippen LogP contribution in [0.2, 0.25) is 0 Å². The summed E-state index contributed by atoms with van der Waals surface area (Å²) in [6.45, 7) is 4.27. The number of benzene rings is 3. The molecule has 1 saturated heterocycles. The summed E-state index contributed by atoms with van der Waals surface area (Å²) in [5, 5.41) is 0. The normalized spacial score (nSPS) is 18.0. The molecule has 3 aromatic carbocycles. The molecule has 2 aliphatic rings. The number of urea groups is 1. The number of carbonyl (C=O) groups is 1. The highest BCUT2D eigenvalue weighted by molar-refractivity contribution is 5.95. The Kier molecular flexibility index (Phi) is 5.67. The van der Waals surface area contributed by atoms with Crippen LogP contribution in [0.3, 0.4) is 0 Å². The van der Waals surface area contributed by atoms with E-state index in [2.05, 4.69) is 11.0 Å². The van der Waals surface area contributed by atoms with E-state index < -0.39 is 0 Å². The minimum Gasteiger partial charge on any atom is -0.496 e. The van der Waals surface area contributed by atoms with E-state index in [-0.39, 0.29) is 17.9 Å². The number of amides is 2. The molecule has 2 aliphatic heterocycles. The van der Waals surface area contributed by atoms with Crippen molar-refractivity contribution in [3.05, 3.63) is 89.2 Å². The third-order valence-corrected chi connectivity index (χ3v) is 6.73. The largest absolute Gasteiger partial charge is 0.496 e. The van der Waals surface area contributed by atoms with E-state index in [1.165, 1.54) is 6.07 Å². The maximum absolute atomic E-state index is 14.6. The fraction of sp³-hybridized carbons (Fsp3) is 0.296. The number of carbonyl (C=O) groups excluding carboxylic acids is 1.